The number of piperidine rings is 1. The fourth-order valence-corrected chi connectivity index (χ4v) is 4.43. The van der Waals surface area contributed by atoms with Gasteiger partial charge in [-0.2, -0.15) is 0 Å². The number of carbonyl (C=O) groups is 2. The molecule has 174 valence electrons. The van der Waals surface area contributed by atoms with Crippen LogP contribution in [0.5, 0.6) is 11.5 Å². The van der Waals surface area contributed by atoms with E-state index in [9.17, 15) is 9.59 Å². The van der Waals surface area contributed by atoms with Gasteiger partial charge in [0.25, 0.3) is 5.91 Å². The second-order valence-corrected chi connectivity index (χ2v) is 8.62. The van der Waals surface area contributed by atoms with Gasteiger partial charge in [0.2, 0.25) is 5.91 Å². The van der Waals surface area contributed by atoms with E-state index in [0.29, 0.717) is 25.3 Å². The Kier molecular flexibility index (Phi) is 6.87. The number of rotatable bonds is 7. The molecule has 1 fully saturated rings. The predicted molar refractivity (Wildman–Crippen MR) is 127 cm³/mol. The molecule has 7 heteroatoms. The lowest BCUT2D eigenvalue weighted by atomic mass is 9.84. The molecule has 2 amide bonds. The maximum absolute atomic E-state index is 13.0. The number of nitrogens with one attached hydrogen (secondary N) is 2. The van der Waals surface area contributed by atoms with Crippen LogP contribution in [0.15, 0.2) is 48.5 Å². The largest absolute Gasteiger partial charge is 0.497 e. The van der Waals surface area contributed by atoms with Gasteiger partial charge in [-0.15, -0.1) is 0 Å². The lowest BCUT2D eigenvalue weighted by molar-refractivity contribution is -0.126. The number of aromatic amines is 1. The number of likely N-dealkylation sites (tertiary alicyclic amines) is 1. The third-order valence-electron chi connectivity index (χ3n) is 6.63. The average molecular weight is 450 g/mol. The van der Waals surface area contributed by atoms with Crippen LogP contribution in [0, 0.1) is 11.8 Å². The van der Waals surface area contributed by atoms with Crippen LogP contribution in [0.1, 0.15) is 35.8 Å². The molecule has 0 bridgehead atoms. The fraction of sp³-hybridized carbons (Fsp3) is 0.385. The number of hydrogen-bond acceptors (Lipinski definition) is 4. The van der Waals surface area contributed by atoms with Gasteiger partial charge in [-0.1, -0.05) is 19.1 Å². The van der Waals surface area contributed by atoms with Crippen LogP contribution < -0.4 is 14.8 Å². The van der Waals surface area contributed by atoms with Gasteiger partial charge in [0.1, 0.15) is 17.2 Å². The minimum absolute atomic E-state index is 0.000210. The molecule has 7 nitrogen and oxygen atoms in total. The summed E-state index contributed by atoms with van der Waals surface area (Å²) < 4.78 is 10.4. The fourth-order valence-electron chi connectivity index (χ4n) is 4.43. The Bertz CT molecular complexity index is 1110. The van der Waals surface area contributed by atoms with Crippen LogP contribution in [0.4, 0.5) is 0 Å². The molecule has 1 aliphatic rings. The summed E-state index contributed by atoms with van der Waals surface area (Å²) in [7, 11) is 3.26. The standard InChI is InChI=1S/C26H31N3O4/c1-17(25(30)27-16-18-4-7-21(32-2)8-5-18)19-10-12-29(13-11-19)26(31)24-14-20-6-9-22(33-3)15-23(20)28-24/h4-9,14-15,17,19,28H,10-13,16H2,1-3H3,(H,27,30)/t17-/m1/s1. The highest BCUT2D eigenvalue weighted by Crippen LogP contribution is 2.27. The number of nitrogens with zero attached hydrogens (tertiary/aromatic N) is 1. The minimum Gasteiger partial charge on any atom is -0.497 e. The second kappa shape index (κ2) is 9.98. The van der Waals surface area contributed by atoms with Crippen molar-refractivity contribution in [1.82, 2.24) is 15.2 Å². The zero-order valence-electron chi connectivity index (χ0n) is 19.4. The monoisotopic (exact) mass is 449 g/mol. The molecule has 1 aliphatic heterocycles. The normalized spacial score (nSPS) is 15.3. The number of H-pyrrole nitrogens is 1. The lowest BCUT2D eigenvalue weighted by Gasteiger charge is -2.34. The summed E-state index contributed by atoms with van der Waals surface area (Å²) in [5.74, 6) is 1.77. The van der Waals surface area contributed by atoms with E-state index in [-0.39, 0.29) is 23.7 Å². The molecule has 2 aromatic carbocycles. The van der Waals surface area contributed by atoms with Gasteiger partial charge in [0, 0.05) is 42.5 Å². The quantitative estimate of drug-likeness (QED) is 0.571. The number of methoxy groups -OCH3 is 2. The first-order chi connectivity index (χ1) is 16.0. The van der Waals surface area contributed by atoms with Crippen molar-refractivity contribution in [3.8, 4) is 11.5 Å². The molecule has 4 rings (SSSR count). The smallest absolute Gasteiger partial charge is 0.270 e. The maximum atomic E-state index is 13.0. The number of benzene rings is 2. The Hall–Kier alpha value is -3.48. The lowest BCUT2D eigenvalue weighted by Crippen LogP contribution is -2.42. The number of hydrogen-bond donors (Lipinski definition) is 2. The van der Waals surface area contributed by atoms with Crippen LogP contribution in [0.2, 0.25) is 0 Å². The number of carbonyl (C=O) groups excluding carboxylic acids is 2. The molecule has 2 N–H and O–H groups in total. The van der Waals surface area contributed by atoms with E-state index in [1.54, 1.807) is 14.2 Å². The van der Waals surface area contributed by atoms with Gasteiger partial charge >= 0.3 is 0 Å². The Morgan fingerprint density at radius 3 is 2.36 bits per heavy atom. The van der Waals surface area contributed by atoms with Gasteiger partial charge in [0.05, 0.1) is 14.2 Å². The molecule has 3 aromatic rings. The van der Waals surface area contributed by atoms with E-state index in [0.717, 1.165) is 40.8 Å². The second-order valence-electron chi connectivity index (χ2n) is 8.62. The molecular weight excluding hydrogens is 418 g/mol. The van der Waals surface area contributed by atoms with E-state index in [1.807, 2.05) is 60.4 Å². The first kappa shape index (κ1) is 22.7. The van der Waals surface area contributed by atoms with Crippen LogP contribution in [-0.4, -0.2) is 49.0 Å². The molecule has 0 saturated carbocycles. The first-order valence-electron chi connectivity index (χ1n) is 11.3. The SMILES string of the molecule is COc1ccc(CNC(=O)[C@H](C)C2CCN(C(=O)c3cc4ccc(OC)cc4[nH]3)CC2)cc1. The van der Waals surface area contributed by atoms with Crippen LogP contribution >= 0.6 is 0 Å². The summed E-state index contributed by atoms with van der Waals surface area (Å²) in [6, 6.07) is 15.3. The van der Waals surface area contributed by atoms with Gasteiger partial charge < -0.3 is 24.7 Å². The number of fused-ring (bicyclic) bond motifs is 1. The molecule has 0 unspecified atom stereocenters. The van der Waals surface area contributed by atoms with Crippen molar-refractivity contribution in [2.75, 3.05) is 27.3 Å². The van der Waals surface area contributed by atoms with Crippen LogP contribution in [0.3, 0.4) is 0 Å². The van der Waals surface area contributed by atoms with E-state index in [1.165, 1.54) is 0 Å². The molecule has 0 aliphatic carbocycles. The Morgan fingerprint density at radius 2 is 1.70 bits per heavy atom. The van der Waals surface area contributed by atoms with Crippen molar-refractivity contribution < 1.29 is 19.1 Å². The molecule has 1 atom stereocenters. The molecule has 0 spiro atoms. The maximum Gasteiger partial charge on any atom is 0.270 e. The van der Waals surface area contributed by atoms with Crippen LogP contribution in [0.25, 0.3) is 10.9 Å². The van der Waals surface area contributed by atoms with Crippen LogP contribution in [-0.2, 0) is 11.3 Å². The highest BCUT2D eigenvalue weighted by atomic mass is 16.5. The number of aromatic nitrogens is 1. The van der Waals surface area contributed by atoms with Gasteiger partial charge in [0.15, 0.2) is 0 Å². The minimum atomic E-state index is -0.0963. The Labute approximate surface area is 194 Å². The van der Waals surface area contributed by atoms with E-state index < -0.39 is 0 Å². The summed E-state index contributed by atoms with van der Waals surface area (Å²) >= 11 is 0. The van der Waals surface area contributed by atoms with Gasteiger partial charge in [-0.05, 0) is 54.7 Å². The predicted octanol–water partition coefficient (Wildman–Crippen LogP) is 3.99. The third kappa shape index (κ3) is 5.13. The van der Waals surface area contributed by atoms with Gasteiger partial charge in [-0.25, -0.2) is 0 Å². The van der Waals surface area contributed by atoms with Crippen molar-refractivity contribution in [2.24, 2.45) is 11.8 Å². The Balaban J connectivity index is 1.29. The van der Waals surface area contributed by atoms with Crippen molar-refractivity contribution in [3.05, 3.63) is 59.8 Å². The topological polar surface area (TPSA) is 83.7 Å². The number of ether oxygens (including phenoxy) is 2. The zero-order valence-corrected chi connectivity index (χ0v) is 19.4. The first-order valence-corrected chi connectivity index (χ1v) is 11.3. The van der Waals surface area contributed by atoms with E-state index in [2.05, 4.69) is 10.3 Å². The number of amides is 2. The molecule has 1 aromatic heterocycles. The molecular formula is C26H31N3O4. The molecule has 1 saturated heterocycles. The van der Waals surface area contributed by atoms with E-state index >= 15 is 0 Å². The summed E-state index contributed by atoms with van der Waals surface area (Å²) in [4.78, 5) is 30.8. The third-order valence-corrected chi connectivity index (χ3v) is 6.63. The van der Waals surface area contributed by atoms with Crippen molar-refractivity contribution >= 4 is 22.7 Å². The molecule has 33 heavy (non-hydrogen) atoms. The average Bonchev–Trinajstić information content (AvgIpc) is 3.30. The summed E-state index contributed by atoms with van der Waals surface area (Å²) in [6.45, 7) is 3.78. The van der Waals surface area contributed by atoms with Crippen molar-refractivity contribution in [3.63, 3.8) is 0 Å². The summed E-state index contributed by atoms with van der Waals surface area (Å²) in [5, 5.41) is 4.02. The summed E-state index contributed by atoms with van der Waals surface area (Å²) in [5.41, 5.74) is 2.50. The highest BCUT2D eigenvalue weighted by molar-refractivity contribution is 5.98. The van der Waals surface area contributed by atoms with Crippen molar-refractivity contribution in [2.45, 2.75) is 26.3 Å². The Morgan fingerprint density at radius 1 is 1.03 bits per heavy atom. The highest BCUT2D eigenvalue weighted by Gasteiger charge is 2.30. The van der Waals surface area contributed by atoms with E-state index in [4.69, 9.17) is 9.47 Å². The van der Waals surface area contributed by atoms with Gasteiger partial charge in [-0.3, -0.25) is 9.59 Å². The zero-order chi connectivity index (χ0) is 23.4. The summed E-state index contributed by atoms with van der Waals surface area (Å²) in [6.07, 6.45) is 1.63. The molecule has 0 radical (unpaired) electrons. The van der Waals surface area contributed by atoms with Crippen molar-refractivity contribution in [1.29, 1.82) is 0 Å². The molecule has 2 heterocycles.